The number of hydrogen-bond donors (Lipinski definition) is 2. The van der Waals surface area contributed by atoms with Crippen molar-refractivity contribution in [3.05, 3.63) is 87.7 Å². The molecule has 1 saturated carbocycles. The fourth-order valence-corrected chi connectivity index (χ4v) is 5.14. The maximum Gasteiger partial charge on any atom is 0.573 e. The van der Waals surface area contributed by atoms with Crippen LogP contribution in [-0.4, -0.2) is 22.5 Å². The minimum atomic E-state index is -5.09. The summed E-state index contributed by atoms with van der Waals surface area (Å²) >= 11 is 24.7. The summed E-state index contributed by atoms with van der Waals surface area (Å²) in [7, 11) is 0. The Bertz CT molecular complexity index is 1350. The molecule has 0 aromatic heterocycles. The van der Waals surface area contributed by atoms with Crippen LogP contribution in [0.4, 0.5) is 28.9 Å². The van der Waals surface area contributed by atoms with Crippen molar-refractivity contribution < 1.29 is 31.9 Å². The van der Waals surface area contributed by atoms with Crippen LogP contribution in [-0.2, 0) is 4.79 Å². The lowest BCUT2D eigenvalue weighted by atomic mass is 10.1. The molecule has 0 heterocycles. The zero-order chi connectivity index (χ0) is 27.1. The first-order valence-electron chi connectivity index (χ1n) is 10.4. The highest BCUT2D eigenvalue weighted by atomic mass is 35.5. The van der Waals surface area contributed by atoms with Crippen LogP contribution in [0.3, 0.4) is 0 Å². The number of ether oxygens (including phenoxy) is 1. The summed E-state index contributed by atoms with van der Waals surface area (Å²) in [6.45, 7) is 0. The molecule has 2 N–H and O–H groups in total. The Kier molecular flexibility index (Phi) is 7.54. The van der Waals surface area contributed by atoms with Crippen LogP contribution in [0.1, 0.15) is 21.8 Å². The van der Waals surface area contributed by atoms with Gasteiger partial charge in [0.1, 0.15) is 15.9 Å². The van der Waals surface area contributed by atoms with Crippen LogP contribution in [0.25, 0.3) is 0 Å². The Labute approximate surface area is 227 Å². The fraction of sp³-hybridized carbons (Fsp3) is 0.167. The van der Waals surface area contributed by atoms with Crippen LogP contribution in [0.15, 0.2) is 60.7 Å². The molecule has 1 aliphatic carbocycles. The third kappa shape index (κ3) is 6.41. The van der Waals surface area contributed by atoms with Gasteiger partial charge in [0, 0.05) is 27.3 Å². The molecule has 2 atom stereocenters. The number of benzene rings is 3. The lowest BCUT2D eigenvalue weighted by Gasteiger charge is -2.15. The number of hydrogen-bond acceptors (Lipinski definition) is 3. The number of anilines is 2. The van der Waals surface area contributed by atoms with Gasteiger partial charge in [-0.3, -0.25) is 9.59 Å². The lowest BCUT2D eigenvalue weighted by molar-refractivity contribution is -0.274. The number of halogens is 8. The largest absolute Gasteiger partial charge is 0.573 e. The number of rotatable bonds is 6. The summed E-state index contributed by atoms with van der Waals surface area (Å²) in [6, 6.07) is 12.2. The second-order valence-corrected chi connectivity index (χ2v) is 10.4. The van der Waals surface area contributed by atoms with Crippen LogP contribution in [0.5, 0.6) is 5.75 Å². The van der Waals surface area contributed by atoms with Gasteiger partial charge in [0.2, 0.25) is 5.91 Å². The first-order chi connectivity index (χ1) is 17.2. The monoisotopic (exact) mass is 594 g/mol. The molecular weight excluding hydrogens is 582 g/mol. The van der Waals surface area contributed by atoms with E-state index in [1.807, 2.05) is 0 Å². The molecule has 1 fully saturated rings. The van der Waals surface area contributed by atoms with E-state index >= 15 is 0 Å². The molecule has 1 aliphatic rings. The molecular formula is C24H14Cl4F4N2O3. The third-order valence-electron chi connectivity index (χ3n) is 5.40. The molecule has 0 unspecified atom stereocenters. The van der Waals surface area contributed by atoms with Crippen molar-refractivity contribution in [3.8, 4) is 5.75 Å². The average molecular weight is 596 g/mol. The van der Waals surface area contributed by atoms with E-state index in [2.05, 4.69) is 15.4 Å². The predicted octanol–water partition coefficient (Wildman–Crippen LogP) is 7.81. The molecule has 194 valence electrons. The van der Waals surface area contributed by atoms with Gasteiger partial charge in [-0.05, 0) is 66.2 Å². The van der Waals surface area contributed by atoms with E-state index < -0.39 is 51.5 Å². The zero-order valence-corrected chi connectivity index (χ0v) is 21.2. The third-order valence-corrected chi connectivity index (χ3v) is 6.78. The zero-order valence-electron chi connectivity index (χ0n) is 18.2. The van der Waals surface area contributed by atoms with E-state index in [1.165, 1.54) is 18.2 Å². The van der Waals surface area contributed by atoms with Gasteiger partial charge in [-0.15, -0.1) is 36.4 Å². The number of nitrogens with one attached hydrogen (secondary N) is 2. The second-order valence-electron chi connectivity index (χ2n) is 8.04. The van der Waals surface area contributed by atoms with Crippen LogP contribution in [0.2, 0.25) is 10.0 Å². The Morgan fingerprint density at radius 2 is 1.46 bits per heavy atom. The Balaban J connectivity index is 1.58. The first-order valence-corrected chi connectivity index (χ1v) is 11.9. The highest BCUT2D eigenvalue weighted by molar-refractivity contribution is 6.53. The van der Waals surface area contributed by atoms with Crippen molar-refractivity contribution in [2.75, 3.05) is 10.6 Å². The minimum absolute atomic E-state index is 0.0253. The molecule has 5 nitrogen and oxygen atoms in total. The molecule has 37 heavy (non-hydrogen) atoms. The van der Waals surface area contributed by atoms with Gasteiger partial charge in [0.05, 0.1) is 11.5 Å². The molecule has 0 spiro atoms. The molecule has 3 aromatic carbocycles. The summed E-state index contributed by atoms with van der Waals surface area (Å²) < 4.78 is 54.3. The Morgan fingerprint density at radius 1 is 0.865 bits per heavy atom. The van der Waals surface area contributed by atoms with Gasteiger partial charge in [0.25, 0.3) is 5.91 Å². The Morgan fingerprint density at radius 3 is 2.05 bits per heavy atom. The topological polar surface area (TPSA) is 67.4 Å². The summed E-state index contributed by atoms with van der Waals surface area (Å²) in [6.07, 6.45) is -5.09. The number of alkyl halides is 5. The van der Waals surface area contributed by atoms with Crippen molar-refractivity contribution in [3.63, 3.8) is 0 Å². The predicted molar refractivity (Wildman–Crippen MR) is 133 cm³/mol. The van der Waals surface area contributed by atoms with Gasteiger partial charge in [-0.25, -0.2) is 4.39 Å². The van der Waals surface area contributed by atoms with Gasteiger partial charge in [-0.1, -0.05) is 23.2 Å². The van der Waals surface area contributed by atoms with Crippen LogP contribution in [0, 0.1) is 11.7 Å². The van der Waals surface area contributed by atoms with Crippen molar-refractivity contribution in [1.82, 2.24) is 0 Å². The standard InChI is InChI=1S/C24H14Cl4F4N2O3/c25-12-7-11(8-13(26)9-12)19-20(23(19,27)28)22(36)34-16-5-6-18(37-24(30,31)32)17(10-16)21(35)33-15-3-1-14(29)2-4-15/h1-10,19-20H,(H,33,35)(H,34,36)/t19-,20+/m1/s1. The van der Waals surface area contributed by atoms with E-state index in [4.69, 9.17) is 46.4 Å². The summed E-state index contributed by atoms with van der Waals surface area (Å²) in [5, 5.41) is 5.48. The van der Waals surface area contributed by atoms with Gasteiger partial charge >= 0.3 is 6.36 Å². The molecule has 0 bridgehead atoms. The molecule has 2 amide bonds. The van der Waals surface area contributed by atoms with Gasteiger partial charge in [-0.2, -0.15) is 0 Å². The summed E-state index contributed by atoms with van der Waals surface area (Å²) in [4.78, 5) is 25.7. The molecule has 0 saturated heterocycles. The summed E-state index contributed by atoms with van der Waals surface area (Å²) in [5.74, 6) is -4.65. The number of carbonyl (C=O) groups is 2. The van der Waals surface area contributed by atoms with Crippen molar-refractivity contribution >= 4 is 69.6 Å². The van der Waals surface area contributed by atoms with E-state index in [9.17, 15) is 27.2 Å². The van der Waals surface area contributed by atoms with E-state index in [-0.39, 0.29) is 11.4 Å². The Hall–Kier alpha value is -2.72. The quantitative estimate of drug-likeness (QED) is 0.226. The minimum Gasteiger partial charge on any atom is -0.405 e. The average Bonchev–Trinajstić information content (AvgIpc) is 3.37. The first kappa shape index (κ1) is 27.3. The highest BCUT2D eigenvalue weighted by Gasteiger charge is 2.67. The SMILES string of the molecule is O=C(Nc1ccc(F)cc1)c1cc(NC(=O)[C@@H]2[C@@H](c3cc(Cl)cc(Cl)c3)C2(Cl)Cl)ccc1OC(F)(F)F. The highest BCUT2D eigenvalue weighted by Crippen LogP contribution is 2.65. The second kappa shape index (κ2) is 10.2. The van der Waals surface area contributed by atoms with Gasteiger partial charge < -0.3 is 15.4 Å². The van der Waals surface area contributed by atoms with E-state index in [0.717, 1.165) is 30.3 Å². The van der Waals surface area contributed by atoms with Crippen molar-refractivity contribution in [2.45, 2.75) is 16.6 Å². The molecule has 4 rings (SSSR count). The lowest BCUT2D eigenvalue weighted by Crippen LogP contribution is -2.22. The smallest absolute Gasteiger partial charge is 0.405 e. The van der Waals surface area contributed by atoms with E-state index in [1.54, 1.807) is 12.1 Å². The van der Waals surface area contributed by atoms with E-state index in [0.29, 0.717) is 15.6 Å². The molecule has 0 radical (unpaired) electrons. The number of carbonyl (C=O) groups excluding carboxylic acids is 2. The molecule has 0 aliphatic heterocycles. The molecule has 3 aromatic rings. The summed E-state index contributed by atoms with van der Waals surface area (Å²) in [5.41, 5.74) is 0.0731. The maximum atomic E-state index is 13.1. The number of amides is 2. The molecule has 13 heteroatoms. The fourth-order valence-electron chi connectivity index (χ4n) is 3.77. The van der Waals surface area contributed by atoms with Crippen molar-refractivity contribution in [2.24, 2.45) is 5.92 Å². The normalized spacial score (nSPS) is 18.2. The van der Waals surface area contributed by atoms with Gasteiger partial charge in [0.15, 0.2) is 0 Å². The van der Waals surface area contributed by atoms with Crippen LogP contribution >= 0.6 is 46.4 Å². The van der Waals surface area contributed by atoms with Crippen LogP contribution < -0.4 is 15.4 Å². The van der Waals surface area contributed by atoms with Crippen molar-refractivity contribution in [1.29, 1.82) is 0 Å². The maximum absolute atomic E-state index is 13.1.